The number of nitrogens with zero attached hydrogens (tertiary/aromatic N) is 2. The van der Waals surface area contributed by atoms with Gasteiger partial charge in [-0.1, -0.05) is 0 Å². The second-order valence-electron chi connectivity index (χ2n) is 4.42. The number of carboxylic acids is 1. The zero-order valence-electron chi connectivity index (χ0n) is 9.63. The first kappa shape index (κ1) is 11.3. The normalized spacial score (nSPS) is 22.9. The van der Waals surface area contributed by atoms with E-state index in [2.05, 4.69) is 10.2 Å². The van der Waals surface area contributed by atoms with Gasteiger partial charge in [-0.2, -0.15) is 0 Å². The number of carboxylic acid groups (broad SMARTS) is 1. The minimum Gasteiger partial charge on any atom is -0.477 e. The monoisotopic (exact) mass is 267 g/mol. The zero-order chi connectivity index (χ0) is 12.7. The number of thiophene rings is 1. The lowest BCUT2D eigenvalue weighted by Crippen LogP contribution is -2.52. The highest BCUT2D eigenvalue weighted by Crippen LogP contribution is 2.28. The van der Waals surface area contributed by atoms with Gasteiger partial charge in [0.25, 0.3) is 0 Å². The highest BCUT2D eigenvalue weighted by Gasteiger charge is 2.35. The number of urea groups is 1. The number of hydrogen-bond donors (Lipinski definition) is 2. The van der Waals surface area contributed by atoms with Crippen LogP contribution in [0.25, 0.3) is 0 Å². The molecule has 0 radical (unpaired) electrons. The molecule has 1 unspecified atom stereocenters. The van der Waals surface area contributed by atoms with Crippen molar-refractivity contribution in [1.29, 1.82) is 0 Å². The van der Waals surface area contributed by atoms with Crippen LogP contribution in [-0.4, -0.2) is 54.2 Å². The molecule has 0 saturated carbocycles. The summed E-state index contributed by atoms with van der Waals surface area (Å²) in [6, 6.07) is 3.68. The molecule has 6 nitrogen and oxygen atoms in total. The summed E-state index contributed by atoms with van der Waals surface area (Å²) in [7, 11) is 0. The molecule has 2 saturated heterocycles. The van der Waals surface area contributed by atoms with Gasteiger partial charge in [0.15, 0.2) is 0 Å². The SMILES string of the molecule is O=C(O)c1ccc(N2CCN3C(=O)NCC3C2)s1. The van der Waals surface area contributed by atoms with Crippen molar-refractivity contribution in [3.05, 3.63) is 17.0 Å². The standard InChI is InChI=1S/C11H13N3O3S/c15-10(16)8-1-2-9(18-8)13-3-4-14-7(6-13)5-12-11(14)17/h1-2,7H,3-6H2,(H,12,17)(H,15,16). The van der Waals surface area contributed by atoms with Gasteiger partial charge in [0.2, 0.25) is 0 Å². The molecular formula is C11H13N3O3S. The summed E-state index contributed by atoms with van der Waals surface area (Å²) in [6.45, 7) is 2.88. The maximum absolute atomic E-state index is 11.5. The molecule has 1 atom stereocenters. The van der Waals surface area contributed by atoms with Crippen LogP contribution in [0.1, 0.15) is 9.67 Å². The molecule has 3 heterocycles. The minimum absolute atomic E-state index is 0.0112. The third-order valence-corrected chi connectivity index (χ3v) is 4.48. The predicted molar refractivity (Wildman–Crippen MR) is 67.4 cm³/mol. The van der Waals surface area contributed by atoms with Crippen LogP contribution in [0.5, 0.6) is 0 Å². The number of nitrogens with one attached hydrogen (secondary N) is 1. The summed E-state index contributed by atoms with van der Waals surface area (Å²) in [5, 5.41) is 12.7. The maximum Gasteiger partial charge on any atom is 0.345 e. The minimum atomic E-state index is -0.886. The molecule has 1 aromatic rings. The van der Waals surface area contributed by atoms with Crippen molar-refractivity contribution in [3.8, 4) is 0 Å². The van der Waals surface area contributed by atoms with Crippen LogP contribution in [0.4, 0.5) is 9.80 Å². The van der Waals surface area contributed by atoms with Gasteiger partial charge >= 0.3 is 12.0 Å². The fourth-order valence-electron chi connectivity index (χ4n) is 2.42. The first-order valence-corrected chi connectivity index (χ1v) is 6.59. The fourth-order valence-corrected chi connectivity index (χ4v) is 3.30. The van der Waals surface area contributed by atoms with Crippen molar-refractivity contribution in [2.75, 3.05) is 31.1 Å². The molecule has 2 aliphatic heterocycles. The molecule has 2 amide bonds. The third kappa shape index (κ3) is 1.80. The number of carbonyl (C=O) groups excluding carboxylic acids is 1. The van der Waals surface area contributed by atoms with Gasteiger partial charge in [-0.05, 0) is 12.1 Å². The lowest BCUT2D eigenvalue weighted by atomic mass is 10.2. The second kappa shape index (κ2) is 4.16. The third-order valence-electron chi connectivity index (χ3n) is 3.35. The van der Waals surface area contributed by atoms with E-state index in [1.54, 1.807) is 6.07 Å². The number of anilines is 1. The molecule has 2 N–H and O–H groups in total. The van der Waals surface area contributed by atoms with Crippen molar-refractivity contribution in [2.45, 2.75) is 6.04 Å². The van der Waals surface area contributed by atoms with Crippen LogP contribution in [0, 0.1) is 0 Å². The van der Waals surface area contributed by atoms with Crippen molar-refractivity contribution in [3.63, 3.8) is 0 Å². The van der Waals surface area contributed by atoms with E-state index in [9.17, 15) is 9.59 Å². The Labute approximate surface area is 108 Å². The van der Waals surface area contributed by atoms with Gasteiger partial charge in [-0.3, -0.25) is 0 Å². The molecule has 3 rings (SSSR count). The molecule has 96 valence electrons. The summed E-state index contributed by atoms with van der Waals surface area (Å²) in [5.41, 5.74) is 0. The molecule has 0 aliphatic carbocycles. The van der Waals surface area contributed by atoms with E-state index in [0.29, 0.717) is 18.0 Å². The zero-order valence-corrected chi connectivity index (χ0v) is 10.4. The van der Waals surface area contributed by atoms with E-state index >= 15 is 0 Å². The van der Waals surface area contributed by atoms with E-state index in [0.717, 1.165) is 18.1 Å². The number of aromatic carboxylic acids is 1. The molecule has 2 fully saturated rings. The van der Waals surface area contributed by atoms with E-state index in [1.807, 2.05) is 11.0 Å². The van der Waals surface area contributed by atoms with E-state index in [1.165, 1.54) is 11.3 Å². The van der Waals surface area contributed by atoms with E-state index in [4.69, 9.17) is 5.11 Å². The average molecular weight is 267 g/mol. The van der Waals surface area contributed by atoms with E-state index < -0.39 is 5.97 Å². The molecule has 1 aromatic heterocycles. The Balaban J connectivity index is 1.74. The fraction of sp³-hybridized carbons (Fsp3) is 0.455. The van der Waals surface area contributed by atoms with Crippen molar-refractivity contribution in [1.82, 2.24) is 10.2 Å². The number of piperazine rings is 1. The number of hydrogen-bond acceptors (Lipinski definition) is 4. The van der Waals surface area contributed by atoms with Crippen LogP contribution < -0.4 is 10.2 Å². The average Bonchev–Trinajstić information content (AvgIpc) is 2.96. The number of rotatable bonds is 2. The smallest absolute Gasteiger partial charge is 0.345 e. The molecule has 7 heteroatoms. The highest BCUT2D eigenvalue weighted by molar-refractivity contribution is 7.17. The number of carbonyl (C=O) groups is 2. The molecular weight excluding hydrogens is 254 g/mol. The van der Waals surface area contributed by atoms with Gasteiger partial charge < -0.3 is 20.2 Å². The van der Waals surface area contributed by atoms with Gasteiger partial charge in [0, 0.05) is 26.2 Å². The van der Waals surface area contributed by atoms with Crippen molar-refractivity contribution < 1.29 is 14.7 Å². The van der Waals surface area contributed by atoms with Crippen molar-refractivity contribution >= 4 is 28.3 Å². The molecule has 2 aliphatic rings. The largest absolute Gasteiger partial charge is 0.477 e. The first-order chi connectivity index (χ1) is 8.65. The lowest BCUT2D eigenvalue weighted by Gasteiger charge is -2.36. The van der Waals surface area contributed by atoms with Gasteiger partial charge in [-0.15, -0.1) is 11.3 Å². The van der Waals surface area contributed by atoms with Gasteiger partial charge in [0.05, 0.1) is 11.0 Å². The molecule has 0 aromatic carbocycles. The molecule has 0 bridgehead atoms. The Hall–Kier alpha value is -1.76. The number of fused-ring (bicyclic) bond motifs is 1. The van der Waals surface area contributed by atoms with Crippen LogP contribution in [0.3, 0.4) is 0 Å². The Bertz CT molecular complexity index is 501. The van der Waals surface area contributed by atoms with Crippen LogP contribution in [-0.2, 0) is 0 Å². The second-order valence-corrected chi connectivity index (χ2v) is 5.48. The lowest BCUT2D eigenvalue weighted by molar-refractivity contribution is 0.0702. The number of amides is 2. The predicted octanol–water partition coefficient (Wildman–Crippen LogP) is 0.660. The topological polar surface area (TPSA) is 72.9 Å². The Kier molecular flexibility index (Phi) is 2.62. The van der Waals surface area contributed by atoms with Gasteiger partial charge in [-0.25, -0.2) is 9.59 Å². The van der Waals surface area contributed by atoms with Crippen LogP contribution in [0.2, 0.25) is 0 Å². The van der Waals surface area contributed by atoms with E-state index in [-0.39, 0.29) is 12.1 Å². The first-order valence-electron chi connectivity index (χ1n) is 5.77. The maximum atomic E-state index is 11.5. The Morgan fingerprint density at radius 2 is 2.28 bits per heavy atom. The van der Waals surface area contributed by atoms with Gasteiger partial charge in [0.1, 0.15) is 4.88 Å². The quantitative estimate of drug-likeness (QED) is 0.825. The summed E-state index contributed by atoms with van der Waals surface area (Å²) in [5.74, 6) is -0.886. The summed E-state index contributed by atoms with van der Waals surface area (Å²) in [4.78, 5) is 26.7. The highest BCUT2D eigenvalue weighted by atomic mass is 32.1. The molecule has 0 spiro atoms. The Morgan fingerprint density at radius 1 is 1.44 bits per heavy atom. The van der Waals surface area contributed by atoms with Crippen LogP contribution >= 0.6 is 11.3 Å². The Morgan fingerprint density at radius 3 is 3.00 bits per heavy atom. The summed E-state index contributed by atoms with van der Waals surface area (Å²) < 4.78 is 0. The van der Waals surface area contributed by atoms with Crippen molar-refractivity contribution in [2.24, 2.45) is 0 Å². The molecule has 18 heavy (non-hydrogen) atoms. The summed E-state index contributed by atoms with van der Waals surface area (Å²) in [6.07, 6.45) is 0. The van der Waals surface area contributed by atoms with Crippen LogP contribution in [0.15, 0.2) is 12.1 Å². The summed E-state index contributed by atoms with van der Waals surface area (Å²) >= 11 is 1.28.